The quantitative estimate of drug-likeness (QED) is 0.117. The summed E-state index contributed by atoms with van der Waals surface area (Å²) < 4.78 is 64.1. The fourth-order valence-corrected chi connectivity index (χ4v) is 11.5. The Morgan fingerprint density at radius 1 is 0.875 bits per heavy atom. The number of hydrogen-bond donors (Lipinski definition) is 3. The van der Waals surface area contributed by atoms with Gasteiger partial charge in [-0.1, -0.05) is 68.3 Å². The standard InChI is InChI=1S/C49H71NO14/c1-26-12-11-15-33-25-57-46-41(50-54)29(4)20-36(49(33,46)53)47(52)60-35-21-34(63-48(24-35)19-18-28(3)44(64-48)32-13-9-10-14-32)17-16-27(2)43(26)61-40-23-38(56-8)45(31(6)59-40)62-39-22-37(55-7)42(51)30(5)58-39/h11-12,15-16,18-20,26,28,30-32,34-40,42-46,51,53-54H,9-10,13-14,17,21-25H2,1-8H3/b12-11+,27-16+,33-15+,50-41+. The monoisotopic (exact) mass is 897 g/mol. The van der Waals surface area contributed by atoms with Gasteiger partial charge in [-0.05, 0) is 75.7 Å². The number of methoxy groups -OCH3 is 2. The maximum absolute atomic E-state index is 14.5. The smallest absolute Gasteiger partial charge is 0.316 e. The lowest BCUT2D eigenvalue weighted by atomic mass is 9.71. The molecule has 0 amide bonds. The zero-order valence-electron chi connectivity index (χ0n) is 38.7. The van der Waals surface area contributed by atoms with Crippen molar-refractivity contribution in [2.24, 2.45) is 28.8 Å². The van der Waals surface area contributed by atoms with E-state index < -0.39 is 84.7 Å². The van der Waals surface area contributed by atoms with Gasteiger partial charge in [0.05, 0.1) is 49.3 Å². The molecule has 5 fully saturated rings. The number of ether oxygens (including phenoxy) is 10. The number of aliphatic hydroxyl groups excluding tert-OH is 1. The molecule has 0 radical (unpaired) electrons. The molecule has 1 spiro atoms. The van der Waals surface area contributed by atoms with E-state index in [1.807, 2.05) is 32.1 Å². The number of rotatable bonds is 7. The molecule has 18 atom stereocenters. The molecule has 0 aromatic carbocycles. The predicted octanol–water partition coefficient (Wildman–Crippen LogP) is 5.99. The van der Waals surface area contributed by atoms with Crippen molar-refractivity contribution in [1.29, 1.82) is 0 Å². The minimum Gasteiger partial charge on any atom is -0.462 e. The summed E-state index contributed by atoms with van der Waals surface area (Å²) in [6, 6.07) is 0. The average molecular weight is 898 g/mol. The van der Waals surface area contributed by atoms with Crippen molar-refractivity contribution in [1.82, 2.24) is 0 Å². The van der Waals surface area contributed by atoms with Gasteiger partial charge >= 0.3 is 5.97 Å². The van der Waals surface area contributed by atoms with Gasteiger partial charge in [0.2, 0.25) is 0 Å². The Morgan fingerprint density at radius 2 is 1.59 bits per heavy atom. The van der Waals surface area contributed by atoms with Crippen LogP contribution in [0.15, 0.2) is 64.4 Å². The largest absolute Gasteiger partial charge is 0.462 e. The van der Waals surface area contributed by atoms with Crippen molar-refractivity contribution in [3.63, 3.8) is 0 Å². The van der Waals surface area contributed by atoms with Crippen molar-refractivity contribution >= 4 is 11.7 Å². The van der Waals surface area contributed by atoms with Gasteiger partial charge in [-0.15, -0.1) is 0 Å². The number of hydrogen-bond acceptors (Lipinski definition) is 15. The van der Waals surface area contributed by atoms with Crippen LogP contribution < -0.4 is 0 Å². The minimum atomic E-state index is -1.87. The van der Waals surface area contributed by atoms with Crippen molar-refractivity contribution in [3.8, 4) is 0 Å². The lowest BCUT2D eigenvalue weighted by Crippen LogP contribution is -2.57. The molecule has 2 bridgehead atoms. The molecule has 64 heavy (non-hydrogen) atoms. The number of aliphatic hydroxyl groups is 2. The molecule has 15 nitrogen and oxygen atoms in total. The minimum absolute atomic E-state index is 0.0114. The highest BCUT2D eigenvalue weighted by Crippen LogP contribution is 2.47. The van der Waals surface area contributed by atoms with Crippen molar-refractivity contribution in [2.75, 3.05) is 20.8 Å². The molecule has 8 rings (SSSR count). The number of carbonyl (C=O) groups excluding carboxylic acids is 1. The van der Waals surface area contributed by atoms with Gasteiger partial charge < -0.3 is 62.8 Å². The molecule has 356 valence electrons. The molecule has 0 aromatic heterocycles. The van der Waals surface area contributed by atoms with E-state index in [1.54, 1.807) is 40.2 Å². The Hall–Kier alpha value is -2.80. The van der Waals surface area contributed by atoms with Gasteiger partial charge in [-0.25, -0.2) is 0 Å². The van der Waals surface area contributed by atoms with E-state index in [9.17, 15) is 20.2 Å². The SMILES string of the molecule is COC1CC(OC2C(C)OC(OC3/C(C)=C/CC4CC(CC5(C=CC(C)C(C6CCCC6)O5)O4)OC(=O)C4C=C(C)/C(=N\O)C5OC/C(=C\C=C\C3C)C45O)CC2OC)OC(C)C1O. The Bertz CT molecular complexity index is 1860. The predicted molar refractivity (Wildman–Crippen MR) is 233 cm³/mol. The summed E-state index contributed by atoms with van der Waals surface area (Å²) in [5, 5.41) is 36.7. The highest BCUT2D eigenvalue weighted by atomic mass is 16.7. The summed E-state index contributed by atoms with van der Waals surface area (Å²) >= 11 is 0. The highest BCUT2D eigenvalue weighted by molar-refractivity contribution is 6.06. The lowest BCUT2D eigenvalue weighted by Gasteiger charge is -2.48. The molecule has 1 saturated carbocycles. The van der Waals surface area contributed by atoms with Gasteiger partial charge in [-0.3, -0.25) is 4.79 Å². The Balaban J connectivity index is 1.09. The van der Waals surface area contributed by atoms with E-state index in [2.05, 4.69) is 31.2 Å². The summed E-state index contributed by atoms with van der Waals surface area (Å²) in [5.74, 6) is -2.40. The van der Waals surface area contributed by atoms with E-state index in [0.717, 1.165) is 18.4 Å². The van der Waals surface area contributed by atoms with Gasteiger partial charge in [-0.2, -0.15) is 0 Å². The van der Waals surface area contributed by atoms with Crippen molar-refractivity contribution in [3.05, 3.63) is 59.3 Å². The third-order valence-corrected chi connectivity index (χ3v) is 15.1. The third kappa shape index (κ3) is 9.51. The second-order valence-electron chi connectivity index (χ2n) is 19.6. The number of oxime groups is 1. The number of fused-ring (bicyclic) bond motifs is 2. The maximum Gasteiger partial charge on any atom is 0.316 e. The zero-order valence-corrected chi connectivity index (χ0v) is 38.7. The Labute approximate surface area is 377 Å². The summed E-state index contributed by atoms with van der Waals surface area (Å²) in [4.78, 5) is 14.5. The van der Waals surface area contributed by atoms with Crippen LogP contribution in [0.5, 0.6) is 0 Å². The van der Waals surface area contributed by atoms with Gasteiger partial charge in [0, 0.05) is 51.7 Å². The second kappa shape index (κ2) is 19.8. The molecule has 6 heterocycles. The van der Waals surface area contributed by atoms with E-state index in [0.29, 0.717) is 49.2 Å². The normalized spacial score (nSPS) is 48.5. The van der Waals surface area contributed by atoms with Crippen LogP contribution in [0.25, 0.3) is 0 Å². The van der Waals surface area contributed by atoms with Crippen molar-refractivity contribution in [2.45, 2.75) is 190 Å². The van der Waals surface area contributed by atoms with Crippen LogP contribution in [-0.2, 0) is 52.2 Å². The van der Waals surface area contributed by atoms with Crippen LogP contribution in [0.3, 0.4) is 0 Å². The van der Waals surface area contributed by atoms with Crippen LogP contribution in [0.2, 0.25) is 0 Å². The topological polar surface area (TPSA) is 182 Å². The summed E-state index contributed by atoms with van der Waals surface area (Å²) in [6.45, 7) is 11.8. The van der Waals surface area contributed by atoms with Crippen LogP contribution >= 0.6 is 0 Å². The summed E-state index contributed by atoms with van der Waals surface area (Å²) in [7, 11) is 3.22. The van der Waals surface area contributed by atoms with Gasteiger partial charge in [0.1, 0.15) is 41.6 Å². The summed E-state index contributed by atoms with van der Waals surface area (Å²) in [5.41, 5.74) is 0.238. The maximum atomic E-state index is 14.5. The van der Waals surface area contributed by atoms with E-state index in [4.69, 9.17) is 47.4 Å². The first-order valence-electron chi connectivity index (χ1n) is 23.6. The molecule has 3 N–H and O–H groups in total. The molecule has 2 aliphatic carbocycles. The highest BCUT2D eigenvalue weighted by Gasteiger charge is 2.60. The first kappa shape index (κ1) is 47.7. The number of carbonyl (C=O) groups is 1. The number of nitrogens with zero attached hydrogens (tertiary/aromatic N) is 1. The molecule has 15 heteroatoms. The fourth-order valence-electron chi connectivity index (χ4n) is 11.5. The first-order chi connectivity index (χ1) is 30.7. The molecule has 8 aliphatic rings. The van der Waals surface area contributed by atoms with E-state index in [-0.39, 0.29) is 42.5 Å². The van der Waals surface area contributed by atoms with Crippen molar-refractivity contribution < 1.29 is 67.6 Å². The van der Waals surface area contributed by atoms with Crippen LogP contribution in [0.4, 0.5) is 0 Å². The molecular formula is C49H71NO14. The van der Waals surface area contributed by atoms with Crippen LogP contribution in [0, 0.1) is 23.7 Å². The Morgan fingerprint density at radius 3 is 2.33 bits per heavy atom. The average Bonchev–Trinajstić information content (AvgIpc) is 3.93. The van der Waals surface area contributed by atoms with Crippen LogP contribution in [-0.4, -0.2) is 139 Å². The molecular weight excluding hydrogens is 827 g/mol. The van der Waals surface area contributed by atoms with E-state index >= 15 is 0 Å². The lowest BCUT2D eigenvalue weighted by molar-refractivity contribution is -0.318. The third-order valence-electron chi connectivity index (χ3n) is 15.1. The second-order valence-corrected chi connectivity index (χ2v) is 19.6. The fraction of sp³-hybridized carbons (Fsp3) is 0.755. The molecule has 18 unspecified atom stereocenters. The molecule has 4 saturated heterocycles. The number of esters is 1. The molecule has 6 aliphatic heterocycles. The number of allylic oxidation sites excluding steroid dienone is 2. The van der Waals surface area contributed by atoms with E-state index in [1.165, 1.54) is 12.8 Å². The zero-order chi connectivity index (χ0) is 45.5. The van der Waals surface area contributed by atoms with Crippen LogP contribution in [0.1, 0.15) is 99.3 Å². The Kier molecular flexibility index (Phi) is 14.8. The van der Waals surface area contributed by atoms with Gasteiger partial charge in [0.15, 0.2) is 18.4 Å². The van der Waals surface area contributed by atoms with Gasteiger partial charge in [0.25, 0.3) is 0 Å². The first-order valence-corrected chi connectivity index (χ1v) is 23.6. The molecule has 0 aromatic rings. The summed E-state index contributed by atoms with van der Waals surface area (Å²) in [6.07, 6.45) is 13.4.